The molecule has 1 aromatic carbocycles. The zero-order chi connectivity index (χ0) is 13.5. The Balaban J connectivity index is 2.15. The minimum atomic E-state index is 0.653. The zero-order valence-electron chi connectivity index (χ0n) is 10.2. The first-order chi connectivity index (χ1) is 9.83. The van der Waals surface area contributed by atoms with Crippen LogP contribution in [0.5, 0.6) is 0 Å². The Morgan fingerprint density at radius 2 is 2.00 bits per heavy atom. The molecule has 0 bridgehead atoms. The van der Waals surface area contributed by atoms with E-state index in [1.54, 1.807) is 10.7 Å². The summed E-state index contributed by atoms with van der Waals surface area (Å²) in [6.07, 6.45) is 1.75. The fourth-order valence-corrected chi connectivity index (χ4v) is 2.44. The van der Waals surface area contributed by atoms with Crippen molar-refractivity contribution in [3.05, 3.63) is 53.7 Å². The molecule has 0 saturated heterocycles. The highest BCUT2D eigenvalue weighted by Gasteiger charge is 2.12. The van der Waals surface area contributed by atoms with Gasteiger partial charge in [-0.1, -0.05) is 23.7 Å². The van der Waals surface area contributed by atoms with E-state index in [0.29, 0.717) is 10.7 Å². The van der Waals surface area contributed by atoms with Gasteiger partial charge < -0.3 is 0 Å². The van der Waals surface area contributed by atoms with Crippen molar-refractivity contribution < 1.29 is 0 Å². The molecule has 0 aliphatic carbocycles. The predicted octanol–water partition coefficient (Wildman–Crippen LogP) is 2.99. The molecule has 0 aliphatic rings. The molecule has 4 rings (SSSR count). The summed E-state index contributed by atoms with van der Waals surface area (Å²) in [5.74, 6) is 0. The van der Waals surface area contributed by atoms with Crippen LogP contribution in [0.4, 0.5) is 0 Å². The van der Waals surface area contributed by atoms with E-state index in [9.17, 15) is 0 Å². The topological polar surface area (TPSA) is 56.0 Å². The number of tetrazole rings is 1. The fourth-order valence-electron chi connectivity index (χ4n) is 2.27. The van der Waals surface area contributed by atoms with Gasteiger partial charge in [-0.05, 0) is 40.8 Å². The molecule has 3 aromatic heterocycles. The monoisotopic (exact) mass is 281 g/mol. The first kappa shape index (κ1) is 11.3. The van der Waals surface area contributed by atoms with Crippen molar-refractivity contribution >= 4 is 28.2 Å². The number of hydrogen-bond donors (Lipinski definition) is 0. The normalized spacial score (nSPS) is 11.2. The molecule has 20 heavy (non-hydrogen) atoms. The molecule has 0 fully saturated rings. The quantitative estimate of drug-likeness (QED) is 0.538. The average Bonchev–Trinajstić information content (AvgIpc) is 2.97. The van der Waals surface area contributed by atoms with Crippen molar-refractivity contribution in [3.8, 4) is 11.3 Å². The molecule has 0 N–H and O–H groups in total. The molecular weight excluding hydrogens is 274 g/mol. The van der Waals surface area contributed by atoms with E-state index in [-0.39, 0.29) is 0 Å². The number of pyridine rings is 2. The summed E-state index contributed by atoms with van der Waals surface area (Å²) in [4.78, 5) is 4.37. The summed E-state index contributed by atoms with van der Waals surface area (Å²) in [6, 6.07) is 13.4. The van der Waals surface area contributed by atoms with Gasteiger partial charge in [0.05, 0.1) is 11.2 Å². The lowest BCUT2D eigenvalue weighted by atomic mass is 10.1. The Morgan fingerprint density at radius 3 is 2.85 bits per heavy atom. The number of hydrogen-bond acceptors (Lipinski definition) is 4. The molecule has 6 heteroatoms. The van der Waals surface area contributed by atoms with E-state index in [0.717, 1.165) is 22.2 Å². The van der Waals surface area contributed by atoms with E-state index >= 15 is 0 Å². The summed E-state index contributed by atoms with van der Waals surface area (Å²) in [5.41, 5.74) is 3.27. The Hall–Kier alpha value is -2.53. The minimum absolute atomic E-state index is 0.653. The summed E-state index contributed by atoms with van der Waals surface area (Å²) >= 11 is 6.05. The first-order valence-electron chi connectivity index (χ1n) is 6.05. The van der Waals surface area contributed by atoms with Crippen LogP contribution < -0.4 is 0 Å². The van der Waals surface area contributed by atoms with Crippen molar-refractivity contribution in [2.45, 2.75) is 0 Å². The van der Waals surface area contributed by atoms with Crippen molar-refractivity contribution in [2.75, 3.05) is 0 Å². The highest BCUT2D eigenvalue weighted by molar-refractivity contribution is 6.31. The van der Waals surface area contributed by atoms with E-state index in [4.69, 9.17) is 11.6 Å². The molecule has 0 aliphatic heterocycles. The van der Waals surface area contributed by atoms with Gasteiger partial charge in [-0.2, -0.15) is 4.52 Å². The Morgan fingerprint density at radius 1 is 1.05 bits per heavy atom. The highest BCUT2D eigenvalue weighted by atomic mass is 35.5. The van der Waals surface area contributed by atoms with Gasteiger partial charge in [0.2, 0.25) is 0 Å². The third-order valence-electron chi connectivity index (χ3n) is 3.17. The standard InChI is InChI=1S/C14H8ClN5/c15-10-5-4-9-7-11(12-3-1-2-6-16-12)14-17-18-19-20(14)13(9)8-10/h1-8H. The highest BCUT2D eigenvalue weighted by Crippen LogP contribution is 2.27. The van der Waals surface area contributed by atoms with Gasteiger partial charge in [-0.15, -0.1) is 5.10 Å². The van der Waals surface area contributed by atoms with Gasteiger partial charge in [-0.3, -0.25) is 4.98 Å². The molecule has 0 saturated carbocycles. The van der Waals surface area contributed by atoms with Crippen LogP contribution in [0.25, 0.3) is 27.8 Å². The summed E-state index contributed by atoms with van der Waals surface area (Å²) in [6.45, 7) is 0. The van der Waals surface area contributed by atoms with Crippen LogP contribution in [-0.2, 0) is 0 Å². The third-order valence-corrected chi connectivity index (χ3v) is 3.41. The van der Waals surface area contributed by atoms with Crippen molar-refractivity contribution in [3.63, 3.8) is 0 Å². The zero-order valence-corrected chi connectivity index (χ0v) is 11.0. The molecule has 3 heterocycles. The molecule has 5 nitrogen and oxygen atoms in total. The number of aromatic nitrogens is 5. The molecule has 96 valence electrons. The second kappa shape index (κ2) is 4.25. The Kier molecular flexibility index (Phi) is 2.40. The number of fused-ring (bicyclic) bond motifs is 3. The molecule has 0 atom stereocenters. The lowest BCUT2D eigenvalue weighted by molar-refractivity contribution is 0.842. The SMILES string of the molecule is Clc1ccc2cc(-c3ccccn3)c3nnnn3c2c1. The second-order valence-corrected chi connectivity index (χ2v) is 4.83. The predicted molar refractivity (Wildman–Crippen MR) is 76.5 cm³/mol. The molecular formula is C14H8ClN5. The van der Waals surface area contributed by atoms with Gasteiger partial charge in [-0.25, -0.2) is 0 Å². The Labute approximate surface area is 118 Å². The van der Waals surface area contributed by atoms with Crippen molar-refractivity contribution in [1.82, 2.24) is 25.0 Å². The Bertz CT molecular complexity index is 917. The van der Waals surface area contributed by atoms with E-state index < -0.39 is 0 Å². The van der Waals surface area contributed by atoms with Crippen molar-refractivity contribution in [1.29, 1.82) is 0 Å². The summed E-state index contributed by atoms with van der Waals surface area (Å²) in [5, 5.41) is 13.6. The van der Waals surface area contributed by atoms with E-state index in [1.165, 1.54) is 0 Å². The van der Waals surface area contributed by atoms with Gasteiger partial charge >= 0.3 is 0 Å². The smallest absolute Gasteiger partial charge is 0.189 e. The molecule has 0 spiro atoms. The molecule has 4 aromatic rings. The minimum Gasteiger partial charge on any atom is -0.256 e. The third kappa shape index (κ3) is 1.64. The fraction of sp³-hybridized carbons (Fsp3) is 0. The summed E-state index contributed by atoms with van der Waals surface area (Å²) < 4.78 is 1.69. The molecule has 0 unspecified atom stereocenters. The lowest BCUT2D eigenvalue weighted by Gasteiger charge is -2.06. The van der Waals surface area contributed by atoms with E-state index in [2.05, 4.69) is 20.5 Å². The summed E-state index contributed by atoms with van der Waals surface area (Å²) in [7, 11) is 0. The van der Waals surface area contributed by atoms with Crippen LogP contribution >= 0.6 is 11.6 Å². The average molecular weight is 282 g/mol. The van der Waals surface area contributed by atoms with Crippen LogP contribution in [0.3, 0.4) is 0 Å². The van der Waals surface area contributed by atoms with Gasteiger partial charge in [0.25, 0.3) is 0 Å². The van der Waals surface area contributed by atoms with Crippen LogP contribution in [0.15, 0.2) is 48.7 Å². The number of rotatable bonds is 1. The number of benzene rings is 1. The van der Waals surface area contributed by atoms with Crippen LogP contribution in [0.2, 0.25) is 5.02 Å². The van der Waals surface area contributed by atoms with Gasteiger partial charge in [0.1, 0.15) is 0 Å². The number of halogens is 1. The van der Waals surface area contributed by atoms with E-state index in [1.807, 2.05) is 42.5 Å². The van der Waals surface area contributed by atoms with Crippen LogP contribution in [0, 0.1) is 0 Å². The largest absolute Gasteiger partial charge is 0.256 e. The van der Waals surface area contributed by atoms with Crippen molar-refractivity contribution in [2.24, 2.45) is 0 Å². The lowest BCUT2D eigenvalue weighted by Crippen LogP contribution is -1.95. The van der Waals surface area contributed by atoms with Crippen LogP contribution in [0.1, 0.15) is 0 Å². The van der Waals surface area contributed by atoms with Gasteiger partial charge in [0.15, 0.2) is 5.65 Å². The molecule has 0 amide bonds. The maximum absolute atomic E-state index is 6.05. The molecule has 0 radical (unpaired) electrons. The first-order valence-corrected chi connectivity index (χ1v) is 6.42. The van der Waals surface area contributed by atoms with Gasteiger partial charge in [0, 0.05) is 22.2 Å². The number of nitrogens with zero attached hydrogens (tertiary/aromatic N) is 5. The maximum Gasteiger partial charge on any atom is 0.189 e. The second-order valence-electron chi connectivity index (χ2n) is 4.39. The maximum atomic E-state index is 6.05. The van der Waals surface area contributed by atoms with Crippen LogP contribution in [-0.4, -0.2) is 25.0 Å².